The van der Waals surface area contributed by atoms with Gasteiger partial charge in [-0.1, -0.05) is 16.4 Å². The number of aromatic nitrogens is 2. The lowest BCUT2D eigenvalue weighted by molar-refractivity contribution is 0.0217. The maximum absolute atomic E-state index is 12.7. The highest BCUT2D eigenvalue weighted by molar-refractivity contribution is 7.15. The van der Waals surface area contributed by atoms with Gasteiger partial charge in [-0.3, -0.25) is 14.5 Å². The highest BCUT2D eigenvalue weighted by Crippen LogP contribution is 2.32. The van der Waals surface area contributed by atoms with Gasteiger partial charge < -0.3 is 10.1 Å². The van der Waals surface area contributed by atoms with E-state index in [2.05, 4.69) is 27.3 Å². The minimum Gasteiger partial charge on any atom is -0.430 e. The number of amides is 1. The molecule has 3 fully saturated rings. The fraction of sp³-hybridized carbons (Fsp3) is 0.474. The Bertz CT molecular complexity index is 841. The number of carbonyl (C=O) groups is 2. The second kappa shape index (κ2) is 7.36. The molecular weight excluding hydrogens is 364 g/mol. The van der Waals surface area contributed by atoms with Crippen LogP contribution in [-0.2, 0) is 0 Å². The largest absolute Gasteiger partial charge is 0.430 e. The molecule has 8 heteroatoms. The van der Waals surface area contributed by atoms with E-state index in [1.165, 1.54) is 6.92 Å². The smallest absolute Gasteiger partial charge is 0.299 e. The predicted octanol–water partition coefficient (Wildman–Crippen LogP) is 2.75. The summed E-state index contributed by atoms with van der Waals surface area (Å²) in [7, 11) is 0. The van der Waals surface area contributed by atoms with E-state index < -0.39 is 0 Å². The number of piperidine rings is 3. The van der Waals surface area contributed by atoms with E-state index in [4.69, 9.17) is 4.74 Å². The van der Waals surface area contributed by atoms with Gasteiger partial charge in [-0.25, -0.2) is 0 Å². The molecule has 5 rings (SSSR count). The van der Waals surface area contributed by atoms with Gasteiger partial charge in [0.25, 0.3) is 11.1 Å². The first kappa shape index (κ1) is 18.1. The maximum Gasteiger partial charge on any atom is 0.299 e. The van der Waals surface area contributed by atoms with E-state index in [0.717, 1.165) is 37.3 Å². The van der Waals surface area contributed by atoms with Gasteiger partial charge in [-0.15, -0.1) is 5.10 Å². The first-order chi connectivity index (χ1) is 13.0. The van der Waals surface area contributed by atoms with Crippen molar-refractivity contribution in [3.05, 3.63) is 34.8 Å². The highest BCUT2D eigenvalue weighted by atomic mass is 32.1. The van der Waals surface area contributed by atoms with Crippen LogP contribution >= 0.6 is 11.3 Å². The lowest BCUT2D eigenvalue weighted by Crippen LogP contribution is -2.62. The summed E-state index contributed by atoms with van der Waals surface area (Å²) < 4.78 is 5.61. The number of ether oxygens (including phenoxy) is 1. The molecule has 27 heavy (non-hydrogen) atoms. The summed E-state index contributed by atoms with van der Waals surface area (Å²) in [6, 6.07) is 7.53. The van der Waals surface area contributed by atoms with Gasteiger partial charge in [-0.05, 0) is 63.0 Å². The van der Waals surface area contributed by atoms with E-state index in [-0.39, 0.29) is 17.7 Å². The standard InChI is InChI=1S/C19H22N4O3S/c1-11-16(13-7-9-23(11)10-8-13)20-17(25)14-3-5-15(6-4-14)26-19-22-21-18(27-19)12(2)24/h3-6,11,13,16H,7-10H2,1-2H3,(H,20,25). The van der Waals surface area contributed by atoms with E-state index in [1.807, 2.05) is 0 Å². The van der Waals surface area contributed by atoms with Crippen LogP contribution in [0.1, 0.15) is 46.8 Å². The first-order valence-corrected chi connectivity index (χ1v) is 10.00. The minimum atomic E-state index is -0.142. The molecule has 1 N–H and O–H groups in total. The Morgan fingerprint density at radius 2 is 1.89 bits per heavy atom. The second-order valence-electron chi connectivity index (χ2n) is 7.17. The van der Waals surface area contributed by atoms with Crippen molar-refractivity contribution in [3.63, 3.8) is 0 Å². The number of Topliss-reactive ketones (excluding diaryl/α,β-unsaturated/α-hetero) is 1. The summed E-state index contributed by atoms with van der Waals surface area (Å²) in [5.41, 5.74) is 0.604. The molecule has 2 unspecified atom stereocenters. The molecule has 142 valence electrons. The monoisotopic (exact) mass is 386 g/mol. The van der Waals surface area contributed by atoms with Crippen molar-refractivity contribution in [1.29, 1.82) is 0 Å². The molecule has 3 aliphatic heterocycles. The average Bonchev–Trinajstić information content (AvgIpc) is 3.14. The summed E-state index contributed by atoms with van der Waals surface area (Å²) >= 11 is 1.10. The van der Waals surface area contributed by atoms with Crippen LogP contribution < -0.4 is 10.1 Å². The molecule has 1 aromatic carbocycles. The van der Waals surface area contributed by atoms with Crippen LogP contribution in [0.4, 0.5) is 0 Å². The first-order valence-electron chi connectivity index (χ1n) is 9.18. The summed E-state index contributed by atoms with van der Waals surface area (Å²) in [5, 5.41) is 11.5. The number of benzene rings is 1. The summed E-state index contributed by atoms with van der Waals surface area (Å²) in [6.07, 6.45) is 2.32. The van der Waals surface area contributed by atoms with Crippen molar-refractivity contribution in [1.82, 2.24) is 20.4 Å². The zero-order chi connectivity index (χ0) is 19.0. The van der Waals surface area contributed by atoms with Crippen LogP contribution in [0.5, 0.6) is 10.9 Å². The Hall–Kier alpha value is -2.32. The van der Waals surface area contributed by atoms with Gasteiger partial charge in [0.05, 0.1) is 0 Å². The Morgan fingerprint density at radius 1 is 1.19 bits per heavy atom. The lowest BCUT2D eigenvalue weighted by Gasteiger charge is -2.49. The molecule has 0 aliphatic carbocycles. The maximum atomic E-state index is 12.7. The predicted molar refractivity (Wildman–Crippen MR) is 101 cm³/mol. The Morgan fingerprint density at radius 3 is 2.48 bits per heavy atom. The number of hydrogen-bond acceptors (Lipinski definition) is 7. The SMILES string of the molecule is CC(=O)c1nnc(Oc2ccc(C(=O)NC3C4CCN(CC4)C3C)cc2)s1. The van der Waals surface area contributed by atoms with Gasteiger partial charge in [-0.2, -0.15) is 0 Å². The van der Waals surface area contributed by atoms with Crippen molar-refractivity contribution in [2.24, 2.45) is 5.92 Å². The van der Waals surface area contributed by atoms with Crippen LogP contribution in [0.3, 0.4) is 0 Å². The van der Waals surface area contributed by atoms with Crippen molar-refractivity contribution in [2.45, 2.75) is 38.8 Å². The Kier molecular flexibility index (Phi) is 4.92. The van der Waals surface area contributed by atoms with E-state index in [0.29, 0.717) is 33.5 Å². The van der Waals surface area contributed by atoms with Gasteiger partial charge >= 0.3 is 0 Å². The third-order valence-corrected chi connectivity index (χ3v) is 6.41. The number of nitrogens with zero attached hydrogens (tertiary/aromatic N) is 3. The highest BCUT2D eigenvalue weighted by Gasteiger charge is 2.40. The number of ketones is 1. The Labute approximate surface area is 161 Å². The number of rotatable bonds is 5. The molecule has 7 nitrogen and oxygen atoms in total. The molecule has 1 aromatic heterocycles. The molecule has 0 spiro atoms. The molecule has 0 radical (unpaired) electrons. The molecule has 2 aromatic rings. The molecular formula is C19H22N4O3S. The third kappa shape index (κ3) is 3.72. The third-order valence-electron chi connectivity index (χ3n) is 5.50. The van der Waals surface area contributed by atoms with Crippen LogP contribution in [0.25, 0.3) is 0 Å². The quantitative estimate of drug-likeness (QED) is 0.796. The van der Waals surface area contributed by atoms with Crippen LogP contribution in [0, 0.1) is 5.92 Å². The molecule has 0 saturated carbocycles. The molecule has 3 saturated heterocycles. The van der Waals surface area contributed by atoms with Crippen LogP contribution in [0.15, 0.2) is 24.3 Å². The van der Waals surface area contributed by atoms with Crippen molar-refractivity contribution in [3.8, 4) is 10.9 Å². The van der Waals surface area contributed by atoms with Gasteiger partial charge in [0.1, 0.15) is 5.75 Å². The van der Waals surface area contributed by atoms with Gasteiger partial charge in [0.15, 0.2) is 10.8 Å². The van der Waals surface area contributed by atoms with Gasteiger partial charge in [0.2, 0.25) is 0 Å². The van der Waals surface area contributed by atoms with Crippen LogP contribution in [-0.4, -0.2) is 52.0 Å². The number of carbonyl (C=O) groups excluding carboxylic acids is 2. The number of fused-ring (bicyclic) bond motifs is 3. The normalized spacial score (nSPS) is 26.6. The zero-order valence-corrected chi connectivity index (χ0v) is 16.2. The fourth-order valence-corrected chi connectivity index (χ4v) is 4.56. The number of hydrogen-bond donors (Lipinski definition) is 1. The van der Waals surface area contributed by atoms with Crippen molar-refractivity contribution < 1.29 is 14.3 Å². The zero-order valence-electron chi connectivity index (χ0n) is 15.3. The molecule has 4 heterocycles. The van der Waals surface area contributed by atoms with Crippen molar-refractivity contribution >= 4 is 23.0 Å². The molecule has 2 atom stereocenters. The summed E-state index contributed by atoms with van der Waals surface area (Å²) in [6.45, 7) is 5.92. The second-order valence-corrected chi connectivity index (χ2v) is 8.11. The van der Waals surface area contributed by atoms with E-state index in [9.17, 15) is 9.59 Å². The topological polar surface area (TPSA) is 84.4 Å². The molecule has 1 amide bonds. The van der Waals surface area contributed by atoms with E-state index >= 15 is 0 Å². The van der Waals surface area contributed by atoms with Gasteiger partial charge in [0, 0.05) is 24.6 Å². The number of nitrogens with one attached hydrogen (secondary N) is 1. The van der Waals surface area contributed by atoms with E-state index in [1.54, 1.807) is 24.3 Å². The van der Waals surface area contributed by atoms with Crippen LogP contribution in [0.2, 0.25) is 0 Å². The summed E-state index contributed by atoms with van der Waals surface area (Å²) in [5.74, 6) is 0.928. The Balaban J connectivity index is 1.39. The minimum absolute atomic E-state index is 0.0538. The average molecular weight is 386 g/mol. The fourth-order valence-electron chi connectivity index (χ4n) is 3.95. The summed E-state index contributed by atoms with van der Waals surface area (Å²) in [4.78, 5) is 26.4. The molecule has 3 aliphatic rings. The lowest BCUT2D eigenvalue weighted by atomic mass is 9.79. The van der Waals surface area contributed by atoms with Crippen molar-refractivity contribution in [2.75, 3.05) is 13.1 Å². The molecule has 2 bridgehead atoms.